The lowest BCUT2D eigenvalue weighted by molar-refractivity contribution is 0.222. The summed E-state index contributed by atoms with van der Waals surface area (Å²) in [6.45, 7) is 8.28. The average molecular weight is 250 g/mol. The van der Waals surface area contributed by atoms with Gasteiger partial charge >= 0.3 is 0 Å². The molecule has 0 aliphatic rings. The van der Waals surface area contributed by atoms with E-state index in [2.05, 4.69) is 37.8 Å². The molecule has 1 atom stereocenters. The highest BCUT2D eigenvalue weighted by molar-refractivity contribution is 5.38. The summed E-state index contributed by atoms with van der Waals surface area (Å²) in [5.41, 5.74) is 11.3. The molecule has 1 aromatic rings. The van der Waals surface area contributed by atoms with Gasteiger partial charge < -0.3 is 15.7 Å². The van der Waals surface area contributed by atoms with Crippen molar-refractivity contribution < 1.29 is 5.11 Å². The van der Waals surface area contributed by atoms with Crippen molar-refractivity contribution in [3.63, 3.8) is 0 Å². The largest absolute Gasteiger partial charge is 0.395 e. The van der Waals surface area contributed by atoms with E-state index in [0.29, 0.717) is 0 Å². The average Bonchev–Trinajstić information content (AvgIpc) is 2.35. The zero-order chi connectivity index (χ0) is 13.7. The smallest absolute Gasteiger partial charge is 0.0595 e. The second-order valence-corrected chi connectivity index (χ2v) is 5.25. The Bertz CT molecular complexity index is 390. The van der Waals surface area contributed by atoms with E-state index in [-0.39, 0.29) is 12.6 Å². The van der Waals surface area contributed by atoms with Crippen molar-refractivity contribution >= 4 is 0 Å². The van der Waals surface area contributed by atoms with Crippen LogP contribution >= 0.6 is 0 Å². The molecule has 3 heteroatoms. The summed E-state index contributed by atoms with van der Waals surface area (Å²) in [7, 11) is 2.05. The van der Waals surface area contributed by atoms with Crippen molar-refractivity contribution in [3.05, 3.63) is 34.4 Å². The number of aliphatic hydroxyl groups excluding tert-OH is 1. The second kappa shape index (κ2) is 6.88. The van der Waals surface area contributed by atoms with Crippen LogP contribution < -0.4 is 5.73 Å². The molecule has 18 heavy (non-hydrogen) atoms. The summed E-state index contributed by atoms with van der Waals surface area (Å²) in [5.74, 6) is 0. The predicted molar refractivity (Wildman–Crippen MR) is 76.9 cm³/mol. The van der Waals surface area contributed by atoms with Crippen LogP contribution in [0.5, 0.6) is 0 Å². The first-order chi connectivity index (χ1) is 8.45. The minimum absolute atomic E-state index is 0.0486. The van der Waals surface area contributed by atoms with Crippen molar-refractivity contribution in [2.45, 2.75) is 33.2 Å². The van der Waals surface area contributed by atoms with Crippen molar-refractivity contribution in [2.75, 3.05) is 26.7 Å². The summed E-state index contributed by atoms with van der Waals surface area (Å²) in [5, 5.41) is 8.93. The van der Waals surface area contributed by atoms with Gasteiger partial charge in [0.2, 0.25) is 0 Å². The van der Waals surface area contributed by atoms with Gasteiger partial charge in [0.1, 0.15) is 0 Å². The molecule has 0 heterocycles. The van der Waals surface area contributed by atoms with Crippen LogP contribution in [-0.2, 0) is 6.42 Å². The van der Waals surface area contributed by atoms with Gasteiger partial charge in [-0.25, -0.2) is 0 Å². The van der Waals surface area contributed by atoms with Gasteiger partial charge in [-0.05, 0) is 56.5 Å². The number of likely N-dealkylation sites (N-methyl/N-ethyl adjacent to an activating group) is 1. The highest BCUT2D eigenvalue weighted by Gasteiger charge is 2.08. The fourth-order valence-electron chi connectivity index (χ4n) is 2.14. The molecule has 0 aliphatic carbocycles. The Morgan fingerprint density at radius 2 is 1.89 bits per heavy atom. The number of aryl methyl sites for hydroxylation is 1. The molecular formula is C15H26N2O. The Morgan fingerprint density at radius 1 is 1.22 bits per heavy atom. The van der Waals surface area contributed by atoms with Crippen LogP contribution in [0.2, 0.25) is 0 Å². The number of hydrogen-bond acceptors (Lipinski definition) is 3. The second-order valence-electron chi connectivity index (χ2n) is 5.25. The Balaban J connectivity index is 2.56. The van der Waals surface area contributed by atoms with E-state index >= 15 is 0 Å². The first kappa shape index (κ1) is 15.2. The maximum absolute atomic E-state index is 8.93. The Morgan fingerprint density at radius 3 is 2.50 bits per heavy atom. The normalized spacial score (nSPS) is 13.1. The molecule has 102 valence electrons. The lowest BCUT2D eigenvalue weighted by Crippen LogP contribution is -2.38. The van der Waals surface area contributed by atoms with Gasteiger partial charge in [-0.3, -0.25) is 0 Å². The molecule has 0 spiro atoms. The summed E-state index contributed by atoms with van der Waals surface area (Å²) in [4.78, 5) is 2.18. The molecule has 1 rings (SSSR count). The highest BCUT2D eigenvalue weighted by Crippen LogP contribution is 2.17. The predicted octanol–water partition coefficient (Wildman–Crippen LogP) is 1.41. The summed E-state index contributed by atoms with van der Waals surface area (Å²) in [6.07, 6.45) is 1.03. The third-order valence-corrected chi connectivity index (χ3v) is 3.71. The molecule has 0 fully saturated rings. The molecule has 0 bridgehead atoms. The molecule has 1 aromatic carbocycles. The molecule has 0 radical (unpaired) electrons. The molecule has 3 N–H and O–H groups in total. The summed E-state index contributed by atoms with van der Waals surface area (Å²) in [6, 6.07) is 4.27. The van der Waals surface area contributed by atoms with Gasteiger partial charge in [-0.2, -0.15) is 0 Å². The zero-order valence-electron chi connectivity index (χ0n) is 12.0. The minimum atomic E-state index is -0.143. The molecule has 0 saturated carbocycles. The van der Waals surface area contributed by atoms with Crippen molar-refractivity contribution in [1.29, 1.82) is 0 Å². The van der Waals surface area contributed by atoms with E-state index in [1.54, 1.807) is 0 Å². The lowest BCUT2D eigenvalue weighted by atomic mass is 9.97. The molecule has 0 amide bonds. The molecule has 0 saturated heterocycles. The fourth-order valence-corrected chi connectivity index (χ4v) is 2.14. The van der Waals surface area contributed by atoms with Gasteiger partial charge in [-0.1, -0.05) is 12.1 Å². The Labute approximate surface area is 111 Å². The van der Waals surface area contributed by atoms with Gasteiger partial charge in [0.25, 0.3) is 0 Å². The molecule has 1 unspecified atom stereocenters. The first-order valence-electron chi connectivity index (χ1n) is 6.56. The topological polar surface area (TPSA) is 49.5 Å². The first-order valence-corrected chi connectivity index (χ1v) is 6.56. The van der Waals surface area contributed by atoms with Crippen molar-refractivity contribution in [3.8, 4) is 0 Å². The standard InChI is InChI=1S/C15H26N2O/c1-11-5-6-14(13(3)12(11)2)7-8-17(4)9-15(16)10-18/h5-6,15,18H,7-10,16H2,1-4H3. The zero-order valence-corrected chi connectivity index (χ0v) is 12.0. The van der Waals surface area contributed by atoms with Crippen LogP contribution in [0.3, 0.4) is 0 Å². The Hall–Kier alpha value is -0.900. The number of nitrogens with zero attached hydrogens (tertiary/aromatic N) is 1. The van der Waals surface area contributed by atoms with Crippen LogP contribution in [0.15, 0.2) is 12.1 Å². The van der Waals surface area contributed by atoms with E-state index in [1.165, 1.54) is 22.3 Å². The third-order valence-electron chi connectivity index (χ3n) is 3.71. The van der Waals surface area contributed by atoms with Crippen molar-refractivity contribution in [1.82, 2.24) is 4.90 Å². The van der Waals surface area contributed by atoms with Crippen LogP contribution in [0, 0.1) is 20.8 Å². The van der Waals surface area contributed by atoms with Crippen LogP contribution in [0.4, 0.5) is 0 Å². The van der Waals surface area contributed by atoms with E-state index < -0.39 is 0 Å². The number of rotatable bonds is 6. The highest BCUT2D eigenvalue weighted by atomic mass is 16.3. The van der Waals surface area contributed by atoms with Gasteiger partial charge in [0.15, 0.2) is 0 Å². The van der Waals surface area contributed by atoms with Gasteiger partial charge in [-0.15, -0.1) is 0 Å². The van der Waals surface area contributed by atoms with Gasteiger partial charge in [0, 0.05) is 19.1 Å². The van der Waals surface area contributed by atoms with Crippen LogP contribution in [-0.4, -0.2) is 42.8 Å². The fraction of sp³-hybridized carbons (Fsp3) is 0.600. The maximum Gasteiger partial charge on any atom is 0.0595 e. The SMILES string of the molecule is Cc1ccc(CCN(C)CC(N)CO)c(C)c1C. The third kappa shape index (κ3) is 4.09. The number of benzene rings is 1. The van der Waals surface area contributed by atoms with E-state index in [4.69, 9.17) is 10.8 Å². The van der Waals surface area contributed by atoms with Crippen LogP contribution in [0.1, 0.15) is 22.3 Å². The van der Waals surface area contributed by atoms with Gasteiger partial charge in [0.05, 0.1) is 6.61 Å². The number of nitrogens with two attached hydrogens (primary N) is 1. The minimum Gasteiger partial charge on any atom is -0.395 e. The maximum atomic E-state index is 8.93. The van der Waals surface area contributed by atoms with E-state index in [9.17, 15) is 0 Å². The monoisotopic (exact) mass is 250 g/mol. The van der Waals surface area contributed by atoms with E-state index in [0.717, 1.165) is 19.5 Å². The van der Waals surface area contributed by atoms with Crippen molar-refractivity contribution in [2.24, 2.45) is 5.73 Å². The number of hydrogen-bond donors (Lipinski definition) is 2. The lowest BCUT2D eigenvalue weighted by Gasteiger charge is -2.20. The Kier molecular flexibility index (Phi) is 5.79. The summed E-state index contributed by atoms with van der Waals surface area (Å²) >= 11 is 0. The molecule has 0 aromatic heterocycles. The molecule has 0 aliphatic heterocycles. The van der Waals surface area contributed by atoms with E-state index in [1.807, 2.05) is 7.05 Å². The van der Waals surface area contributed by atoms with Crippen LogP contribution in [0.25, 0.3) is 0 Å². The molecule has 3 nitrogen and oxygen atoms in total. The quantitative estimate of drug-likeness (QED) is 0.802. The number of aliphatic hydroxyl groups is 1. The molecular weight excluding hydrogens is 224 g/mol. The summed E-state index contributed by atoms with van der Waals surface area (Å²) < 4.78 is 0.